The molecule has 0 spiro atoms. The normalized spacial score (nSPS) is 17.7. The number of rotatable bonds is 3. The van der Waals surface area contributed by atoms with Crippen LogP contribution in [0.1, 0.15) is 25.3 Å². The zero-order valence-corrected chi connectivity index (χ0v) is 19.0. The van der Waals surface area contributed by atoms with Gasteiger partial charge in [-0.15, -0.1) is 0 Å². The van der Waals surface area contributed by atoms with Crippen LogP contribution >= 0.6 is 0 Å². The Balaban J connectivity index is 1.56. The number of nitrogens with two attached hydrogens (primary N) is 1. The third kappa shape index (κ3) is 3.77. The SMILES string of the molecule is C[C@H](O)C(=O)N1CCC(N2C(=O)N(C)Cc3cnc4ccc(-c5cnc(N)nc5)nc4c32)CC1. The summed E-state index contributed by atoms with van der Waals surface area (Å²) < 4.78 is 0. The number of aliphatic hydroxyl groups is 1. The summed E-state index contributed by atoms with van der Waals surface area (Å²) in [6, 6.07) is 3.50. The van der Waals surface area contributed by atoms with Crippen LogP contribution in [0.4, 0.5) is 16.4 Å². The van der Waals surface area contributed by atoms with Crippen molar-refractivity contribution in [3.8, 4) is 11.3 Å². The van der Waals surface area contributed by atoms with Crippen LogP contribution in [-0.2, 0) is 11.3 Å². The molecule has 11 nitrogen and oxygen atoms in total. The third-order valence-corrected chi connectivity index (χ3v) is 6.41. The number of hydrogen-bond acceptors (Lipinski definition) is 8. The van der Waals surface area contributed by atoms with E-state index in [1.165, 1.54) is 6.92 Å². The lowest BCUT2D eigenvalue weighted by Gasteiger charge is -2.43. The van der Waals surface area contributed by atoms with E-state index in [-0.39, 0.29) is 23.9 Å². The Hall–Kier alpha value is -3.86. The summed E-state index contributed by atoms with van der Waals surface area (Å²) in [5.41, 5.74) is 9.98. The number of carbonyl (C=O) groups is 2. The molecule has 3 aromatic heterocycles. The van der Waals surface area contributed by atoms with Gasteiger partial charge in [-0.25, -0.2) is 19.7 Å². The molecule has 176 valence electrons. The Bertz CT molecular complexity index is 1260. The average molecular weight is 463 g/mol. The third-order valence-electron chi connectivity index (χ3n) is 6.41. The molecule has 2 aliphatic rings. The van der Waals surface area contributed by atoms with Crippen molar-refractivity contribution in [3.05, 3.63) is 36.3 Å². The standard InChI is InChI=1S/C23H26N8O3/c1-13(32)21(33)30-7-5-16(6-8-30)31-20-15(12-29(2)23(31)34)11-25-18-4-3-17(28-19(18)20)14-9-26-22(24)27-10-14/h3-4,9-11,13,16,32H,5-8,12H2,1-2H3,(H2,24,26,27)/t13-/m0/s1. The quantitative estimate of drug-likeness (QED) is 0.595. The Labute approximate surface area is 196 Å². The number of aromatic nitrogens is 4. The summed E-state index contributed by atoms with van der Waals surface area (Å²) in [6.45, 7) is 2.86. The molecule has 1 fully saturated rings. The maximum Gasteiger partial charge on any atom is 0.324 e. The van der Waals surface area contributed by atoms with E-state index in [2.05, 4.69) is 15.0 Å². The molecule has 2 aliphatic heterocycles. The molecular formula is C23H26N8O3. The number of carbonyl (C=O) groups excluding carboxylic acids is 2. The smallest absolute Gasteiger partial charge is 0.324 e. The summed E-state index contributed by atoms with van der Waals surface area (Å²) in [5.74, 6) is -0.101. The molecule has 1 atom stereocenters. The van der Waals surface area contributed by atoms with Crippen LogP contribution < -0.4 is 10.6 Å². The monoisotopic (exact) mass is 462 g/mol. The lowest BCUT2D eigenvalue weighted by molar-refractivity contribution is -0.140. The van der Waals surface area contributed by atoms with E-state index in [4.69, 9.17) is 10.7 Å². The summed E-state index contributed by atoms with van der Waals surface area (Å²) in [7, 11) is 1.77. The van der Waals surface area contributed by atoms with E-state index < -0.39 is 6.10 Å². The minimum atomic E-state index is -1.03. The van der Waals surface area contributed by atoms with Crippen LogP contribution in [0.2, 0.25) is 0 Å². The molecule has 0 aliphatic carbocycles. The number of hydrogen-bond donors (Lipinski definition) is 2. The zero-order valence-electron chi connectivity index (χ0n) is 19.0. The molecule has 11 heteroatoms. The van der Waals surface area contributed by atoms with Gasteiger partial charge in [0.05, 0.1) is 23.4 Å². The Kier molecular flexibility index (Phi) is 5.48. The topological polar surface area (TPSA) is 142 Å². The molecule has 0 saturated carbocycles. The van der Waals surface area contributed by atoms with Crippen LogP contribution in [0.3, 0.4) is 0 Å². The molecule has 3 amide bonds. The Morgan fingerprint density at radius 3 is 2.53 bits per heavy atom. The van der Waals surface area contributed by atoms with Crippen molar-refractivity contribution in [2.45, 2.75) is 38.5 Å². The molecule has 0 unspecified atom stereocenters. The average Bonchev–Trinajstić information content (AvgIpc) is 2.84. The number of amides is 3. The predicted molar refractivity (Wildman–Crippen MR) is 126 cm³/mol. The number of likely N-dealkylation sites (tertiary alicyclic amines) is 1. The van der Waals surface area contributed by atoms with Crippen molar-refractivity contribution in [3.63, 3.8) is 0 Å². The van der Waals surface area contributed by atoms with Crippen molar-refractivity contribution < 1.29 is 14.7 Å². The number of pyridine rings is 2. The lowest BCUT2D eigenvalue weighted by Crippen LogP contribution is -2.55. The summed E-state index contributed by atoms with van der Waals surface area (Å²) in [4.78, 5) is 48.3. The van der Waals surface area contributed by atoms with Gasteiger partial charge in [0.2, 0.25) is 5.95 Å². The number of nitrogen functional groups attached to an aromatic ring is 1. The first-order valence-corrected chi connectivity index (χ1v) is 11.2. The van der Waals surface area contributed by atoms with Crippen LogP contribution in [-0.4, -0.2) is 79.1 Å². The number of nitrogens with zero attached hydrogens (tertiary/aromatic N) is 7. The molecule has 0 bridgehead atoms. The Morgan fingerprint density at radius 2 is 1.85 bits per heavy atom. The second-order valence-electron chi connectivity index (χ2n) is 8.77. The molecule has 0 radical (unpaired) electrons. The van der Waals surface area contributed by atoms with E-state index in [1.807, 2.05) is 17.0 Å². The molecule has 1 saturated heterocycles. The fourth-order valence-electron chi connectivity index (χ4n) is 4.66. The van der Waals surface area contributed by atoms with E-state index in [1.54, 1.807) is 35.4 Å². The van der Waals surface area contributed by atoms with Gasteiger partial charge in [0, 0.05) is 55.9 Å². The highest BCUT2D eigenvalue weighted by Crippen LogP contribution is 2.37. The lowest BCUT2D eigenvalue weighted by atomic mass is 9.99. The van der Waals surface area contributed by atoms with Crippen molar-refractivity contribution in [1.82, 2.24) is 29.7 Å². The number of anilines is 2. The van der Waals surface area contributed by atoms with Gasteiger partial charge < -0.3 is 20.6 Å². The minimum absolute atomic E-state index is 0.108. The summed E-state index contributed by atoms with van der Waals surface area (Å²) in [5, 5.41) is 9.65. The first-order valence-electron chi connectivity index (χ1n) is 11.2. The molecule has 34 heavy (non-hydrogen) atoms. The van der Waals surface area contributed by atoms with Crippen molar-refractivity contribution in [2.75, 3.05) is 30.8 Å². The molecule has 3 aromatic rings. The maximum atomic E-state index is 13.4. The van der Waals surface area contributed by atoms with Crippen molar-refractivity contribution >= 4 is 34.6 Å². The first-order chi connectivity index (χ1) is 16.3. The summed E-state index contributed by atoms with van der Waals surface area (Å²) >= 11 is 0. The highest BCUT2D eigenvalue weighted by atomic mass is 16.3. The molecule has 3 N–H and O–H groups in total. The van der Waals surface area contributed by atoms with Crippen molar-refractivity contribution in [1.29, 1.82) is 0 Å². The number of urea groups is 1. The van der Waals surface area contributed by atoms with E-state index in [0.29, 0.717) is 54.8 Å². The van der Waals surface area contributed by atoms with Gasteiger partial charge in [0.25, 0.3) is 5.91 Å². The largest absolute Gasteiger partial charge is 0.384 e. The first kappa shape index (κ1) is 22.0. The van der Waals surface area contributed by atoms with E-state index in [0.717, 1.165) is 11.3 Å². The molecule has 0 aromatic carbocycles. The van der Waals surface area contributed by atoms with Gasteiger partial charge >= 0.3 is 6.03 Å². The van der Waals surface area contributed by atoms with Gasteiger partial charge in [0.15, 0.2) is 0 Å². The van der Waals surface area contributed by atoms with Crippen LogP contribution in [0.15, 0.2) is 30.7 Å². The van der Waals surface area contributed by atoms with Gasteiger partial charge in [-0.2, -0.15) is 0 Å². The molecule has 5 rings (SSSR count). The number of fused-ring (bicyclic) bond motifs is 3. The van der Waals surface area contributed by atoms with Crippen LogP contribution in [0.5, 0.6) is 0 Å². The fourth-order valence-corrected chi connectivity index (χ4v) is 4.66. The zero-order chi connectivity index (χ0) is 24.0. The molecular weight excluding hydrogens is 436 g/mol. The molecule has 5 heterocycles. The minimum Gasteiger partial charge on any atom is -0.384 e. The van der Waals surface area contributed by atoms with Crippen LogP contribution in [0, 0.1) is 0 Å². The fraction of sp³-hybridized carbons (Fsp3) is 0.391. The maximum absolute atomic E-state index is 13.4. The Morgan fingerprint density at radius 1 is 1.15 bits per heavy atom. The predicted octanol–water partition coefficient (Wildman–Crippen LogP) is 1.41. The van der Waals surface area contributed by atoms with E-state index >= 15 is 0 Å². The van der Waals surface area contributed by atoms with Gasteiger partial charge in [0.1, 0.15) is 11.6 Å². The second-order valence-corrected chi connectivity index (χ2v) is 8.77. The van der Waals surface area contributed by atoms with Gasteiger partial charge in [-0.1, -0.05) is 0 Å². The highest BCUT2D eigenvalue weighted by molar-refractivity contribution is 6.04. The van der Waals surface area contributed by atoms with Crippen LogP contribution in [0.25, 0.3) is 22.3 Å². The second kappa shape index (κ2) is 8.49. The highest BCUT2D eigenvalue weighted by Gasteiger charge is 2.38. The van der Waals surface area contributed by atoms with E-state index in [9.17, 15) is 14.7 Å². The summed E-state index contributed by atoms with van der Waals surface area (Å²) in [6.07, 6.45) is 5.21. The van der Waals surface area contributed by atoms with Gasteiger partial charge in [-0.05, 0) is 31.9 Å². The number of piperidine rings is 1. The number of aliphatic hydroxyl groups excluding tert-OH is 1. The van der Waals surface area contributed by atoms with Gasteiger partial charge in [-0.3, -0.25) is 14.7 Å². The van der Waals surface area contributed by atoms with Crippen molar-refractivity contribution in [2.24, 2.45) is 0 Å².